The third-order valence-electron chi connectivity index (χ3n) is 4.50. The average molecular weight is 338 g/mol. The van der Waals surface area contributed by atoms with Crippen LogP contribution in [-0.4, -0.2) is 17.7 Å². The van der Waals surface area contributed by atoms with Gasteiger partial charge in [-0.3, -0.25) is 0 Å². The SMILES string of the molecule is COc1cc2c(cc1NC(C)C)-c1c(-c3cccs3)ccn1CC2. The van der Waals surface area contributed by atoms with Crippen LogP contribution in [-0.2, 0) is 13.0 Å². The molecule has 1 aliphatic rings. The highest BCUT2D eigenvalue weighted by Gasteiger charge is 2.23. The quantitative estimate of drug-likeness (QED) is 0.701. The van der Waals surface area contributed by atoms with Crippen molar-refractivity contribution in [1.82, 2.24) is 4.57 Å². The zero-order chi connectivity index (χ0) is 16.7. The van der Waals surface area contributed by atoms with Crippen molar-refractivity contribution in [2.45, 2.75) is 32.9 Å². The summed E-state index contributed by atoms with van der Waals surface area (Å²) in [7, 11) is 1.75. The highest BCUT2D eigenvalue weighted by Crippen LogP contribution is 2.43. The van der Waals surface area contributed by atoms with Gasteiger partial charge in [0.25, 0.3) is 0 Å². The minimum absolute atomic E-state index is 0.365. The maximum atomic E-state index is 5.62. The number of ether oxygens (including phenoxy) is 1. The highest BCUT2D eigenvalue weighted by atomic mass is 32.1. The molecule has 0 radical (unpaired) electrons. The Labute approximate surface area is 146 Å². The topological polar surface area (TPSA) is 26.2 Å². The largest absolute Gasteiger partial charge is 0.495 e. The maximum absolute atomic E-state index is 5.62. The Bertz CT molecular complexity index is 862. The van der Waals surface area contributed by atoms with E-state index in [2.05, 4.69) is 65.6 Å². The molecule has 4 rings (SSSR count). The van der Waals surface area contributed by atoms with Gasteiger partial charge in [-0.05, 0) is 55.5 Å². The molecular formula is C20H22N2OS. The van der Waals surface area contributed by atoms with Crippen molar-refractivity contribution in [2.24, 2.45) is 0 Å². The number of fused-ring (bicyclic) bond motifs is 3. The number of anilines is 1. The van der Waals surface area contributed by atoms with E-state index in [1.807, 2.05) is 0 Å². The van der Waals surface area contributed by atoms with Crippen molar-refractivity contribution < 1.29 is 4.74 Å². The molecule has 0 atom stereocenters. The van der Waals surface area contributed by atoms with E-state index < -0.39 is 0 Å². The molecule has 0 unspecified atom stereocenters. The minimum Gasteiger partial charge on any atom is -0.495 e. The van der Waals surface area contributed by atoms with Gasteiger partial charge in [0.15, 0.2) is 0 Å². The lowest BCUT2D eigenvalue weighted by atomic mass is 9.94. The van der Waals surface area contributed by atoms with Crippen LogP contribution >= 0.6 is 11.3 Å². The molecule has 0 bridgehead atoms. The molecule has 1 aliphatic heterocycles. The molecule has 0 aliphatic carbocycles. The van der Waals surface area contributed by atoms with E-state index in [9.17, 15) is 0 Å². The van der Waals surface area contributed by atoms with Gasteiger partial charge in [-0.15, -0.1) is 11.3 Å². The van der Waals surface area contributed by atoms with E-state index in [0.29, 0.717) is 6.04 Å². The molecule has 0 spiro atoms. The van der Waals surface area contributed by atoms with E-state index in [1.54, 1.807) is 18.4 Å². The molecule has 124 valence electrons. The maximum Gasteiger partial charge on any atom is 0.142 e. The predicted octanol–water partition coefficient (Wildman–Crippen LogP) is 5.27. The Morgan fingerprint density at radius 3 is 2.79 bits per heavy atom. The number of benzene rings is 1. The summed E-state index contributed by atoms with van der Waals surface area (Å²) in [4.78, 5) is 1.32. The second-order valence-electron chi connectivity index (χ2n) is 6.51. The molecule has 3 nitrogen and oxygen atoms in total. The van der Waals surface area contributed by atoms with Crippen molar-refractivity contribution in [3.8, 4) is 27.4 Å². The van der Waals surface area contributed by atoms with Crippen LogP contribution in [0.15, 0.2) is 41.9 Å². The first-order valence-corrected chi connectivity index (χ1v) is 9.26. The standard InChI is InChI=1S/C20H22N2OS/c1-13(2)21-17-12-16-14(11-18(17)23-3)6-8-22-9-7-15(20(16)22)19-5-4-10-24-19/h4-5,7,9-13,21H,6,8H2,1-3H3. The molecular weight excluding hydrogens is 316 g/mol. The van der Waals surface area contributed by atoms with Gasteiger partial charge in [-0.2, -0.15) is 0 Å². The van der Waals surface area contributed by atoms with Gasteiger partial charge in [0.2, 0.25) is 0 Å². The Morgan fingerprint density at radius 2 is 2.08 bits per heavy atom. The van der Waals surface area contributed by atoms with E-state index in [-0.39, 0.29) is 0 Å². The molecule has 1 aromatic carbocycles. The normalized spacial score (nSPS) is 12.8. The minimum atomic E-state index is 0.365. The van der Waals surface area contributed by atoms with Crippen LogP contribution in [0.2, 0.25) is 0 Å². The number of nitrogens with one attached hydrogen (secondary N) is 1. The predicted molar refractivity (Wildman–Crippen MR) is 102 cm³/mol. The van der Waals surface area contributed by atoms with E-state index in [4.69, 9.17) is 4.74 Å². The van der Waals surface area contributed by atoms with E-state index >= 15 is 0 Å². The van der Waals surface area contributed by atoms with Crippen molar-refractivity contribution in [1.29, 1.82) is 0 Å². The zero-order valence-electron chi connectivity index (χ0n) is 14.3. The molecule has 0 saturated heterocycles. The van der Waals surface area contributed by atoms with Crippen LogP contribution in [0.4, 0.5) is 5.69 Å². The number of aryl methyl sites for hydroxylation is 2. The van der Waals surface area contributed by atoms with Gasteiger partial charge in [-0.25, -0.2) is 0 Å². The lowest BCUT2D eigenvalue weighted by Crippen LogP contribution is -2.14. The summed E-state index contributed by atoms with van der Waals surface area (Å²) in [5.41, 5.74) is 6.40. The van der Waals surface area contributed by atoms with E-state index in [1.165, 1.54) is 27.3 Å². The number of aromatic nitrogens is 1. The zero-order valence-corrected chi connectivity index (χ0v) is 15.1. The Morgan fingerprint density at radius 1 is 1.21 bits per heavy atom. The summed E-state index contributed by atoms with van der Waals surface area (Å²) < 4.78 is 7.99. The number of hydrogen-bond donors (Lipinski definition) is 1. The Balaban J connectivity index is 1.90. The first kappa shape index (κ1) is 15.3. The summed E-state index contributed by atoms with van der Waals surface area (Å²) in [5, 5.41) is 5.66. The van der Waals surface area contributed by atoms with Crippen LogP contribution < -0.4 is 10.1 Å². The molecule has 0 saturated carbocycles. The lowest BCUT2D eigenvalue weighted by Gasteiger charge is -2.24. The van der Waals surface area contributed by atoms with Crippen molar-refractivity contribution in [3.05, 3.63) is 47.5 Å². The van der Waals surface area contributed by atoms with Crippen LogP contribution in [0.3, 0.4) is 0 Å². The Hall–Kier alpha value is -2.20. The fourth-order valence-corrected chi connectivity index (χ4v) is 4.22. The summed E-state index contributed by atoms with van der Waals surface area (Å²) in [6.45, 7) is 5.32. The van der Waals surface area contributed by atoms with E-state index in [0.717, 1.165) is 24.4 Å². The second-order valence-corrected chi connectivity index (χ2v) is 7.46. The van der Waals surface area contributed by atoms with Crippen molar-refractivity contribution >= 4 is 17.0 Å². The van der Waals surface area contributed by atoms with Crippen LogP contribution in [0, 0.1) is 0 Å². The molecule has 2 aromatic heterocycles. The number of rotatable bonds is 4. The smallest absolute Gasteiger partial charge is 0.142 e. The number of thiophene rings is 1. The van der Waals surface area contributed by atoms with Crippen LogP contribution in [0.5, 0.6) is 5.75 Å². The number of nitrogens with zero attached hydrogens (tertiary/aromatic N) is 1. The third kappa shape index (κ3) is 2.51. The first-order chi connectivity index (χ1) is 11.7. The van der Waals surface area contributed by atoms with Gasteiger partial charge in [-0.1, -0.05) is 6.07 Å². The van der Waals surface area contributed by atoms with Gasteiger partial charge < -0.3 is 14.6 Å². The molecule has 3 aromatic rings. The third-order valence-corrected chi connectivity index (χ3v) is 5.40. The summed E-state index contributed by atoms with van der Waals surface area (Å²) in [5.74, 6) is 0.931. The van der Waals surface area contributed by atoms with Crippen molar-refractivity contribution in [3.63, 3.8) is 0 Å². The lowest BCUT2D eigenvalue weighted by molar-refractivity contribution is 0.415. The number of methoxy groups -OCH3 is 1. The summed E-state index contributed by atoms with van der Waals surface area (Å²) in [6.07, 6.45) is 3.26. The van der Waals surface area contributed by atoms with Crippen LogP contribution in [0.1, 0.15) is 19.4 Å². The Kier molecular flexibility index (Phi) is 3.85. The average Bonchev–Trinajstić information content (AvgIpc) is 3.22. The highest BCUT2D eigenvalue weighted by molar-refractivity contribution is 7.13. The molecule has 4 heteroatoms. The number of hydrogen-bond acceptors (Lipinski definition) is 3. The molecule has 3 heterocycles. The van der Waals surface area contributed by atoms with Crippen LogP contribution in [0.25, 0.3) is 21.7 Å². The first-order valence-electron chi connectivity index (χ1n) is 8.38. The van der Waals surface area contributed by atoms with Gasteiger partial charge in [0, 0.05) is 34.8 Å². The molecule has 24 heavy (non-hydrogen) atoms. The van der Waals surface area contributed by atoms with Gasteiger partial charge in [0.05, 0.1) is 18.5 Å². The molecule has 0 amide bonds. The fraction of sp³-hybridized carbons (Fsp3) is 0.300. The van der Waals surface area contributed by atoms with Gasteiger partial charge in [0.1, 0.15) is 5.75 Å². The molecule has 1 N–H and O–H groups in total. The summed E-state index contributed by atoms with van der Waals surface area (Å²) >= 11 is 1.80. The second kappa shape index (κ2) is 6.02. The van der Waals surface area contributed by atoms with Gasteiger partial charge >= 0.3 is 0 Å². The monoisotopic (exact) mass is 338 g/mol. The molecule has 0 fully saturated rings. The van der Waals surface area contributed by atoms with Crippen molar-refractivity contribution in [2.75, 3.05) is 12.4 Å². The fourth-order valence-electron chi connectivity index (χ4n) is 3.47. The summed E-state index contributed by atoms with van der Waals surface area (Å²) in [6, 6.07) is 11.4.